The number of hydrogen-bond acceptors (Lipinski definition) is 3. The Bertz CT molecular complexity index is 428. The molecule has 1 aromatic rings. The summed E-state index contributed by atoms with van der Waals surface area (Å²) in [6.45, 7) is 4.05. The van der Waals surface area contributed by atoms with Crippen molar-refractivity contribution in [2.45, 2.75) is 25.8 Å². The molecule has 3 N–H and O–H groups in total. The summed E-state index contributed by atoms with van der Waals surface area (Å²) in [6.07, 6.45) is 1.81. The van der Waals surface area contributed by atoms with Crippen LogP contribution >= 0.6 is 0 Å². The van der Waals surface area contributed by atoms with Gasteiger partial charge in [0.25, 0.3) is 0 Å². The highest BCUT2D eigenvalue weighted by molar-refractivity contribution is 5.72. The molecule has 2 amide bonds. The summed E-state index contributed by atoms with van der Waals surface area (Å²) in [5.41, 5.74) is 6.29. The van der Waals surface area contributed by atoms with Crippen molar-refractivity contribution in [2.24, 2.45) is 5.73 Å². The second-order valence-electron chi connectivity index (χ2n) is 4.67. The summed E-state index contributed by atoms with van der Waals surface area (Å²) in [5, 5.41) is 3.49. The second kappa shape index (κ2) is 6.31. The third kappa shape index (κ3) is 3.53. The van der Waals surface area contributed by atoms with E-state index >= 15 is 0 Å². The van der Waals surface area contributed by atoms with Crippen LogP contribution in [0.5, 0.6) is 5.75 Å². The highest BCUT2D eigenvalue weighted by atomic mass is 16.5. The van der Waals surface area contributed by atoms with E-state index in [4.69, 9.17) is 10.5 Å². The van der Waals surface area contributed by atoms with E-state index in [0.29, 0.717) is 25.7 Å². The van der Waals surface area contributed by atoms with Crippen LogP contribution in [0.4, 0.5) is 10.5 Å². The van der Waals surface area contributed by atoms with Crippen molar-refractivity contribution in [3.05, 3.63) is 24.3 Å². The van der Waals surface area contributed by atoms with Gasteiger partial charge in [-0.15, -0.1) is 0 Å². The van der Waals surface area contributed by atoms with Crippen LogP contribution in [-0.2, 0) is 0 Å². The van der Waals surface area contributed by atoms with Gasteiger partial charge in [-0.05, 0) is 31.9 Å². The first-order valence-electron chi connectivity index (χ1n) is 6.73. The van der Waals surface area contributed by atoms with E-state index < -0.39 is 0 Å². The number of carbonyl (C=O) groups excluding carboxylic acids is 1. The maximum absolute atomic E-state index is 11.1. The first-order valence-corrected chi connectivity index (χ1v) is 6.73. The molecule has 0 atom stereocenters. The number of nitrogens with zero attached hydrogens (tertiary/aromatic N) is 1. The van der Waals surface area contributed by atoms with Gasteiger partial charge < -0.3 is 20.7 Å². The largest absolute Gasteiger partial charge is 0.492 e. The Balaban J connectivity index is 1.93. The molecular formula is C14H21N3O2. The molecule has 5 heteroatoms. The van der Waals surface area contributed by atoms with Gasteiger partial charge in [0.05, 0.1) is 12.3 Å². The zero-order valence-electron chi connectivity index (χ0n) is 11.3. The smallest absolute Gasteiger partial charge is 0.314 e. The van der Waals surface area contributed by atoms with E-state index in [0.717, 1.165) is 24.3 Å². The number of nitrogens with two attached hydrogens (primary N) is 1. The van der Waals surface area contributed by atoms with Crippen LogP contribution in [0, 0.1) is 0 Å². The average molecular weight is 263 g/mol. The lowest BCUT2D eigenvalue weighted by atomic mass is 10.0. The number of benzene rings is 1. The Morgan fingerprint density at radius 1 is 1.42 bits per heavy atom. The third-order valence-electron chi connectivity index (χ3n) is 3.35. The number of urea groups is 1. The number of ether oxygens (including phenoxy) is 1. The van der Waals surface area contributed by atoms with Gasteiger partial charge in [-0.1, -0.05) is 12.1 Å². The van der Waals surface area contributed by atoms with Crippen molar-refractivity contribution in [3.8, 4) is 5.75 Å². The Morgan fingerprint density at radius 3 is 2.74 bits per heavy atom. The van der Waals surface area contributed by atoms with Gasteiger partial charge in [0.15, 0.2) is 0 Å². The van der Waals surface area contributed by atoms with E-state index in [1.54, 1.807) is 4.90 Å². The zero-order chi connectivity index (χ0) is 13.7. The molecule has 2 rings (SSSR count). The predicted molar refractivity (Wildman–Crippen MR) is 75.4 cm³/mol. The van der Waals surface area contributed by atoms with Crippen LogP contribution < -0.4 is 15.8 Å². The van der Waals surface area contributed by atoms with E-state index in [2.05, 4.69) is 5.32 Å². The fourth-order valence-electron chi connectivity index (χ4n) is 2.33. The van der Waals surface area contributed by atoms with Crippen molar-refractivity contribution in [2.75, 3.05) is 25.0 Å². The lowest BCUT2D eigenvalue weighted by Gasteiger charge is -2.32. The number of nitrogens with one attached hydrogen (secondary N) is 1. The molecule has 1 aliphatic heterocycles. The first-order chi connectivity index (χ1) is 9.20. The number of piperidine rings is 1. The normalized spacial score (nSPS) is 16.2. The van der Waals surface area contributed by atoms with E-state index in [1.165, 1.54) is 0 Å². The molecule has 19 heavy (non-hydrogen) atoms. The second-order valence-corrected chi connectivity index (χ2v) is 4.67. The molecule has 5 nitrogen and oxygen atoms in total. The topological polar surface area (TPSA) is 67.6 Å². The molecule has 1 fully saturated rings. The van der Waals surface area contributed by atoms with Crippen molar-refractivity contribution < 1.29 is 9.53 Å². The maximum atomic E-state index is 11.1. The van der Waals surface area contributed by atoms with Crippen molar-refractivity contribution in [1.82, 2.24) is 4.90 Å². The van der Waals surface area contributed by atoms with Crippen molar-refractivity contribution >= 4 is 11.7 Å². The first kappa shape index (κ1) is 13.5. The van der Waals surface area contributed by atoms with Crippen LogP contribution in [0.25, 0.3) is 0 Å². The summed E-state index contributed by atoms with van der Waals surface area (Å²) in [5.74, 6) is 0.877. The highest BCUT2D eigenvalue weighted by Gasteiger charge is 2.21. The van der Waals surface area contributed by atoms with Gasteiger partial charge in [0, 0.05) is 19.1 Å². The molecule has 0 aliphatic carbocycles. The number of hydrogen-bond donors (Lipinski definition) is 2. The molecule has 0 bridgehead atoms. The van der Waals surface area contributed by atoms with Crippen LogP contribution in [0.2, 0.25) is 0 Å². The van der Waals surface area contributed by atoms with Gasteiger partial charge in [0.2, 0.25) is 0 Å². The predicted octanol–water partition coefficient (Wildman–Crippen LogP) is 2.04. The Labute approximate surface area is 113 Å². The summed E-state index contributed by atoms with van der Waals surface area (Å²) in [4.78, 5) is 12.8. The number of amides is 2. The minimum absolute atomic E-state index is 0.326. The summed E-state index contributed by atoms with van der Waals surface area (Å²) in [7, 11) is 0. The molecule has 0 saturated carbocycles. The van der Waals surface area contributed by atoms with Crippen molar-refractivity contribution in [3.63, 3.8) is 0 Å². The molecule has 1 heterocycles. The lowest BCUT2D eigenvalue weighted by Crippen LogP contribution is -2.44. The Kier molecular flexibility index (Phi) is 4.49. The maximum Gasteiger partial charge on any atom is 0.314 e. The van der Waals surface area contributed by atoms with Gasteiger partial charge in [-0.2, -0.15) is 0 Å². The molecular weight excluding hydrogens is 242 g/mol. The van der Waals surface area contributed by atoms with E-state index in [-0.39, 0.29) is 6.03 Å². The molecule has 1 saturated heterocycles. The number of rotatable bonds is 4. The quantitative estimate of drug-likeness (QED) is 0.873. The third-order valence-corrected chi connectivity index (χ3v) is 3.35. The SMILES string of the molecule is CCOc1ccccc1NC1CCN(C(N)=O)CC1. The zero-order valence-corrected chi connectivity index (χ0v) is 11.3. The average Bonchev–Trinajstić information content (AvgIpc) is 2.42. The molecule has 0 spiro atoms. The minimum Gasteiger partial charge on any atom is -0.492 e. The van der Waals surface area contributed by atoms with Crippen LogP contribution in [0.3, 0.4) is 0 Å². The monoisotopic (exact) mass is 263 g/mol. The molecule has 1 aliphatic rings. The van der Waals surface area contributed by atoms with E-state index in [1.807, 2.05) is 31.2 Å². The van der Waals surface area contributed by atoms with Crippen molar-refractivity contribution in [1.29, 1.82) is 0 Å². The number of primary amides is 1. The number of anilines is 1. The molecule has 0 aromatic heterocycles. The fraction of sp³-hybridized carbons (Fsp3) is 0.500. The van der Waals surface area contributed by atoms with Gasteiger partial charge in [-0.25, -0.2) is 4.79 Å². The van der Waals surface area contributed by atoms with Gasteiger partial charge in [-0.3, -0.25) is 0 Å². The minimum atomic E-state index is -0.326. The molecule has 1 aromatic carbocycles. The Hall–Kier alpha value is -1.91. The lowest BCUT2D eigenvalue weighted by molar-refractivity contribution is 0.193. The van der Waals surface area contributed by atoms with Crippen LogP contribution in [0.15, 0.2) is 24.3 Å². The Morgan fingerprint density at radius 2 is 2.11 bits per heavy atom. The number of para-hydroxylation sites is 2. The number of carbonyl (C=O) groups is 1. The highest BCUT2D eigenvalue weighted by Crippen LogP contribution is 2.26. The van der Waals surface area contributed by atoms with Crippen LogP contribution in [0.1, 0.15) is 19.8 Å². The van der Waals surface area contributed by atoms with E-state index in [9.17, 15) is 4.79 Å². The molecule has 104 valence electrons. The van der Waals surface area contributed by atoms with Gasteiger partial charge in [0.1, 0.15) is 5.75 Å². The summed E-state index contributed by atoms with van der Waals surface area (Å²) >= 11 is 0. The molecule has 0 radical (unpaired) electrons. The van der Waals surface area contributed by atoms with Gasteiger partial charge >= 0.3 is 6.03 Å². The number of likely N-dealkylation sites (tertiary alicyclic amines) is 1. The summed E-state index contributed by atoms with van der Waals surface area (Å²) < 4.78 is 5.59. The fourth-order valence-corrected chi connectivity index (χ4v) is 2.33. The summed E-state index contributed by atoms with van der Waals surface area (Å²) in [6, 6.07) is 7.97. The van der Waals surface area contributed by atoms with Crippen LogP contribution in [-0.4, -0.2) is 36.7 Å². The standard InChI is InChI=1S/C14H21N3O2/c1-2-19-13-6-4-3-5-12(13)16-11-7-9-17(10-8-11)14(15)18/h3-6,11,16H,2,7-10H2,1H3,(H2,15,18). The molecule has 0 unspecified atom stereocenters.